The molecule has 0 heterocycles. The van der Waals surface area contributed by atoms with Crippen molar-refractivity contribution in [2.24, 2.45) is 17.4 Å². The van der Waals surface area contributed by atoms with E-state index in [1.54, 1.807) is 0 Å². The first kappa shape index (κ1) is 13.8. The molecule has 14 heavy (non-hydrogen) atoms. The summed E-state index contributed by atoms with van der Waals surface area (Å²) in [5, 5.41) is 0. The fraction of sp³-hybridized carbons (Fsp3) is 1.00. The summed E-state index contributed by atoms with van der Waals surface area (Å²) in [5.74, 6) is 0.361. The summed E-state index contributed by atoms with van der Waals surface area (Å²) < 4.78 is 11.0. The van der Waals surface area contributed by atoms with E-state index in [-0.39, 0.29) is 6.29 Å². The van der Waals surface area contributed by atoms with Crippen LogP contribution in [0.25, 0.3) is 0 Å². The lowest BCUT2D eigenvalue weighted by Crippen LogP contribution is -2.26. The minimum absolute atomic E-state index is 0.128. The number of hydrogen-bond acceptors (Lipinski definition) is 4. The molecule has 4 N–H and O–H groups in total. The van der Waals surface area contributed by atoms with Gasteiger partial charge < -0.3 is 20.9 Å². The van der Waals surface area contributed by atoms with E-state index in [9.17, 15) is 0 Å². The molecule has 0 aromatic rings. The largest absolute Gasteiger partial charge is 0.352 e. The monoisotopic (exact) mass is 204 g/mol. The molecule has 0 saturated heterocycles. The molecule has 1 unspecified atom stereocenters. The number of hydrogen-bond donors (Lipinski definition) is 2. The molecule has 86 valence electrons. The standard InChI is InChI=1S/C10H24N2O2/c1-9(2)10(14-8-6-12)13-7-4-3-5-11/h9-10H,3-8,11-12H2,1-2H3. The van der Waals surface area contributed by atoms with Crippen molar-refractivity contribution in [3.63, 3.8) is 0 Å². The Labute approximate surface area is 86.9 Å². The molecule has 0 aromatic carbocycles. The lowest BCUT2D eigenvalue weighted by atomic mass is 10.2. The van der Waals surface area contributed by atoms with E-state index in [2.05, 4.69) is 13.8 Å². The number of rotatable bonds is 9. The second-order valence-corrected chi connectivity index (χ2v) is 3.64. The summed E-state index contributed by atoms with van der Waals surface area (Å²) in [6.07, 6.45) is 1.87. The molecule has 0 bridgehead atoms. The first-order valence-corrected chi connectivity index (χ1v) is 5.35. The van der Waals surface area contributed by atoms with Crippen LogP contribution in [0.2, 0.25) is 0 Å². The SMILES string of the molecule is CC(C)C(OCCN)OCCCCN. The van der Waals surface area contributed by atoms with Crippen LogP contribution >= 0.6 is 0 Å². The Morgan fingerprint density at radius 2 is 1.57 bits per heavy atom. The van der Waals surface area contributed by atoms with E-state index in [0.717, 1.165) is 19.4 Å². The van der Waals surface area contributed by atoms with Crippen LogP contribution in [0.1, 0.15) is 26.7 Å². The molecular formula is C10H24N2O2. The van der Waals surface area contributed by atoms with E-state index in [0.29, 0.717) is 25.7 Å². The fourth-order valence-corrected chi connectivity index (χ4v) is 1.06. The predicted molar refractivity (Wildman–Crippen MR) is 57.9 cm³/mol. The van der Waals surface area contributed by atoms with Crippen molar-refractivity contribution in [2.45, 2.75) is 33.0 Å². The summed E-state index contributed by atoms with van der Waals surface area (Å²) in [5.41, 5.74) is 10.7. The first-order chi connectivity index (χ1) is 6.72. The van der Waals surface area contributed by atoms with Crippen molar-refractivity contribution in [2.75, 3.05) is 26.3 Å². The zero-order valence-electron chi connectivity index (χ0n) is 9.37. The first-order valence-electron chi connectivity index (χ1n) is 5.35. The minimum atomic E-state index is -0.128. The Morgan fingerprint density at radius 3 is 2.07 bits per heavy atom. The van der Waals surface area contributed by atoms with Crippen LogP contribution in [-0.4, -0.2) is 32.6 Å². The molecular weight excluding hydrogens is 180 g/mol. The van der Waals surface area contributed by atoms with Crippen molar-refractivity contribution < 1.29 is 9.47 Å². The van der Waals surface area contributed by atoms with Gasteiger partial charge in [-0.15, -0.1) is 0 Å². The van der Waals surface area contributed by atoms with E-state index in [4.69, 9.17) is 20.9 Å². The van der Waals surface area contributed by atoms with Gasteiger partial charge in [0.25, 0.3) is 0 Å². The molecule has 1 atom stereocenters. The molecule has 0 saturated carbocycles. The van der Waals surface area contributed by atoms with Crippen LogP contribution in [0.3, 0.4) is 0 Å². The van der Waals surface area contributed by atoms with Gasteiger partial charge in [-0.3, -0.25) is 0 Å². The second kappa shape index (κ2) is 9.40. The topological polar surface area (TPSA) is 70.5 Å². The van der Waals surface area contributed by atoms with Crippen molar-refractivity contribution in [3.05, 3.63) is 0 Å². The Balaban J connectivity index is 3.52. The highest BCUT2D eigenvalue weighted by Gasteiger charge is 2.13. The maximum Gasteiger partial charge on any atom is 0.159 e. The maximum atomic E-state index is 5.57. The van der Waals surface area contributed by atoms with Crippen molar-refractivity contribution in [1.29, 1.82) is 0 Å². The summed E-state index contributed by atoms with van der Waals surface area (Å²) in [7, 11) is 0. The summed E-state index contributed by atoms with van der Waals surface area (Å²) in [6, 6.07) is 0. The normalized spacial score (nSPS) is 13.5. The van der Waals surface area contributed by atoms with Gasteiger partial charge in [0.1, 0.15) is 0 Å². The van der Waals surface area contributed by atoms with Crippen LogP contribution < -0.4 is 11.5 Å². The van der Waals surface area contributed by atoms with Crippen LogP contribution in [0.4, 0.5) is 0 Å². The molecule has 0 aliphatic heterocycles. The van der Waals surface area contributed by atoms with Gasteiger partial charge in [-0.1, -0.05) is 13.8 Å². The average molecular weight is 204 g/mol. The fourth-order valence-electron chi connectivity index (χ4n) is 1.06. The second-order valence-electron chi connectivity index (χ2n) is 3.64. The van der Waals surface area contributed by atoms with Crippen molar-refractivity contribution in [3.8, 4) is 0 Å². The predicted octanol–water partition coefficient (Wildman–Crippen LogP) is 0.699. The van der Waals surface area contributed by atoms with E-state index < -0.39 is 0 Å². The van der Waals surface area contributed by atoms with Gasteiger partial charge in [-0.25, -0.2) is 0 Å². The van der Waals surface area contributed by atoms with Crippen LogP contribution in [0.15, 0.2) is 0 Å². The van der Waals surface area contributed by atoms with Gasteiger partial charge in [-0.2, -0.15) is 0 Å². The zero-order valence-corrected chi connectivity index (χ0v) is 9.37. The number of ether oxygens (including phenoxy) is 2. The number of unbranched alkanes of at least 4 members (excludes halogenated alkanes) is 1. The van der Waals surface area contributed by atoms with Gasteiger partial charge in [0.2, 0.25) is 0 Å². The highest BCUT2D eigenvalue weighted by atomic mass is 16.7. The average Bonchev–Trinajstić information content (AvgIpc) is 2.16. The van der Waals surface area contributed by atoms with Crippen LogP contribution in [0, 0.1) is 5.92 Å². The third-order valence-corrected chi connectivity index (χ3v) is 1.82. The minimum Gasteiger partial charge on any atom is -0.352 e. The smallest absolute Gasteiger partial charge is 0.159 e. The maximum absolute atomic E-state index is 5.57. The van der Waals surface area contributed by atoms with Crippen molar-refractivity contribution >= 4 is 0 Å². The van der Waals surface area contributed by atoms with E-state index >= 15 is 0 Å². The summed E-state index contributed by atoms with van der Waals surface area (Å²) >= 11 is 0. The Bertz CT molecular complexity index is 121. The Morgan fingerprint density at radius 1 is 0.929 bits per heavy atom. The van der Waals surface area contributed by atoms with Crippen molar-refractivity contribution in [1.82, 2.24) is 0 Å². The lowest BCUT2D eigenvalue weighted by molar-refractivity contribution is -0.164. The molecule has 0 aliphatic carbocycles. The summed E-state index contributed by atoms with van der Waals surface area (Å²) in [4.78, 5) is 0. The highest BCUT2D eigenvalue weighted by Crippen LogP contribution is 2.08. The van der Waals surface area contributed by atoms with Gasteiger partial charge in [0.05, 0.1) is 6.61 Å². The molecule has 4 nitrogen and oxygen atoms in total. The molecule has 0 aliphatic rings. The third-order valence-electron chi connectivity index (χ3n) is 1.82. The molecule has 4 heteroatoms. The van der Waals surface area contributed by atoms with Crippen LogP contribution in [-0.2, 0) is 9.47 Å². The Kier molecular flexibility index (Phi) is 9.29. The quantitative estimate of drug-likeness (QED) is 0.428. The molecule has 0 aromatic heterocycles. The van der Waals surface area contributed by atoms with Gasteiger partial charge in [0.15, 0.2) is 6.29 Å². The van der Waals surface area contributed by atoms with Gasteiger partial charge >= 0.3 is 0 Å². The molecule has 0 radical (unpaired) electrons. The molecule has 0 fully saturated rings. The summed E-state index contributed by atoms with van der Waals surface area (Å²) in [6.45, 7) is 6.67. The van der Waals surface area contributed by atoms with Gasteiger partial charge in [-0.05, 0) is 19.4 Å². The lowest BCUT2D eigenvalue weighted by Gasteiger charge is -2.21. The number of nitrogens with two attached hydrogens (primary N) is 2. The van der Waals surface area contributed by atoms with E-state index in [1.165, 1.54) is 0 Å². The zero-order chi connectivity index (χ0) is 10.8. The molecule has 0 spiro atoms. The molecule has 0 rings (SSSR count). The highest BCUT2D eigenvalue weighted by molar-refractivity contribution is 4.51. The van der Waals surface area contributed by atoms with Gasteiger partial charge in [0, 0.05) is 19.1 Å². The third kappa shape index (κ3) is 7.26. The van der Waals surface area contributed by atoms with Crippen LogP contribution in [0.5, 0.6) is 0 Å². The molecule has 0 amide bonds. The van der Waals surface area contributed by atoms with E-state index in [1.807, 2.05) is 0 Å². The Hall–Kier alpha value is -0.160.